The summed E-state index contributed by atoms with van der Waals surface area (Å²) in [5.41, 5.74) is 1.70. The Balaban J connectivity index is 1.37. The molecule has 4 rings (SSSR count). The summed E-state index contributed by atoms with van der Waals surface area (Å²) in [6.07, 6.45) is 11.8. The molecule has 2 amide bonds. The lowest BCUT2D eigenvalue weighted by molar-refractivity contribution is -0.127. The molecular formula is C23H27N3O3S. The van der Waals surface area contributed by atoms with E-state index < -0.39 is 0 Å². The average Bonchev–Trinajstić information content (AvgIpc) is 3.51. The molecule has 1 saturated heterocycles. The number of carbonyl (C=O) groups is 2. The van der Waals surface area contributed by atoms with Crippen molar-refractivity contribution in [2.45, 2.75) is 50.1 Å². The van der Waals surface area contributed by atoms with E-state index in [-0.39, 0.29) is 11.8 Å². The van der Waals surface area contributed by atoms with E-state index >= 15 is 0 Å². The van der Waals surface area contributed by atoms with E-state index in [9.17, 15) is 9.59 Å². The van der Waals surface area contributed by atoms with Gasteiger partial charge in [0, 0.05) is 25.0 Å². The molecule has 2 aromatic rings. The van der Waals surface area contributed by atoms with Gasteiger partial charge >= 0.3 is 0 Å². The standard InChI is InChI=1S/C23H27N3O3S/c27-22(26(16-20-9-6-14-29-20)19-7-2-1-3-8-19)17-30-21-11-10-18(15-24-21)23(28)25-12-4-5-13-25/h6-7,9-11,14-15H,1-5,8,12-13,16-17H2. The molecule has 0 saturated carbocycles. The third-order valence-electron chi connectivity index (χ3n) is 5.53. The van der Waals surface area contributed by atoms with E-state index in [4.69, 9.17) is 4.42 Å². The molecule has 0 spiro atoms. The minimum absolute atomic E-state index is 0.0430. The first kappa shape index (κ1) is 20.7. The fraction of sp³-hybridized carbons (Fsp3) is 0.435. The summed E-state index contributed by atoms with van der Waals surface area (Å²) >= 11 is 1.40. The minimum atomic E-state index is 0.0430. The molecule has 3 heterocycles. The second kappa shape index (κ2) is 9.98. The molecule has 30 heavy (non-hydrogen) atoms. The van der Waals surface area contributed by atoms with Gasteiger partial charge in [0.25, 0.3) is 5.91 Å². The van der Waals surface area contributed by atoms with E-state index in [0.29, 0.717) is 17.9 Å². The molecule has 158 valence electrons. The van der Waals surface area contributed by atoms with Crippen LogP contribution in [0.2, 0.25) is 0 Å². The van der Waals surface area contributed by atoms with Crippen LogP contribution in [0.15, 0.2) is 57.9 Å². The maximum absolute atomic E-state index is 13.0. The number of likely N-dealkylation sites (tertiary alicyclic amines) is 1. The fourth-order valence-electron chi connectivity index (χ4n) is 3.88. The molecule has 1 aliphatic carbocycles. The van der Waals surface area contributed by atoms with Crippen molar-refractivity contribution in [3.63, 3.8) is 0 Å². The maximum atomic E-state index is 13.0. The SMILES string of the molecule is O=C(c1ccc(SCC(=O)N(Cc2ccco2)C2=CCCCC2)nc1)N1CCCC1. The quantitative estimate of drug-likeness (QED) is 0.612. The van der Waals surface area contributed by atoms with E-state index in [2.05, 4.69) is 11.1 Å². The summed E-state index contributed by atoms with van der Waals surface area (Å²) in [6.45, 7) is 2.10. The number of carbonyl (C=O) groups excluding carboxylic acids is 2. The van der Waals surface area contributed by atoms with E-state index in [1.54, 1.807) is 12.5 Å². The van der Waals surface area contributed by atoms with Crippen LogP contribution in [0.25, 0.3) is 0 Å². The van der Waals surface area contributed by atoms with Gasteiger partial charge in [-0.3, -0.25) is 9.59 Å². The molecule has 1 fully saturated rings. The average molecular weight is 426 g/mol. The summed E-state index contributed by atoms with van der Waals surface area (Å²) in [5, 5.41) is 0.747. The minimum Gasteiger partial charge on any atom is -0.467 e. The molecule has 0 radical (unpaired) electrons. The maximum Gasteiger partial charge on any atom is 0.255 e. The van der Waals surface area contributed by atoms with Crippen LogP contribution in [0.5, 0.6) is 0 Å². The van der Waals surface area contributed by atoms with Crippen LogP contribution in [-0.4, -0.2) is 45.4 Å². The molecular weight excluding hydrogens is 398 g/mol. The monoisotopic (exact) mass is 425 g/mol. The smallest absolute Gasteiger partial charge is 0.255 e. The molecule has 0 N–H and O–H groups in total. The first-order valence-corrected chi connectivity index (χ1v) is 11.6. The highest BCUT2D eigenvalue weighted by molar-refractivity contribution is 7.99. The number of amides is 2. The zero-order valence-corrected chi connectivity index (χ0v) is 17.9. The van der Waals surface area contributed by atoms with Gasteiger partial charge in [-0.2, -0.15) is 0 Å². The molecule has 0 unspecified atom stereocenters. The molecule has 0 atom stereocenters. The zero-order valence-electron chi connectivity index (χ0n) is 17.1. The van der Waals surface area contributed by atoms with Gasteiger partial charge < -0.3 is 14.2 Å². The van der Waals surface area contributed by atoms with Gasteiger partial charge in [0.15, 0.2) is 0 Å². The van der Waals surface area contributed by atoms with E-state index in [0.717, 1.165) is 61.7 Å². The normalized spacial score (nSPS) is 16.4. The van der Waals surface area contributed by atoms with Gasteiger partial charge in [0.05, 0.1) is 29.2 Å². The lowest BCUT2D eigenvalue weighted by atomic mass is 10.0. The van der Waals surface area contributed by atoms with Gasteiger partial charge in [-0.1, -0.05) is 17.8 Å². The summed E-state index contributed by atoms with van der Waals surface area (Å²) in [5.74, 6) is 1.16. The topological polar surface area (TPSA) is 66.7 Å². The first-order valence-electron chi connectivity index (χ1n) is 10.6. The molecule has 0 aromatic carbocycles. The zero-order chi connectivity index (χ0) is 20.8. The number of aromatic nitrogens is 1. The molecule has 2 aromatic heterocycles. The molecule has 7 heteroatoms. The summed E-state index contributed by atoms with van der Waals surface area (Å²) in [6, 6.07) is 7.38. The summed E-state index contributed by atoms with van der Waals surface area (Å²) < 4.78 is 5.47. The van der Waals surface area contributed by atoms with Crippen molar-refractivity contribution in [1.82, 2.24) is 14.8 Å². The Labute approximate surface area is 181 Å². The van der Waals surface area contributed by atoms with Crippen molar-refractivity contribution in [2.24, 2.45) is 0 Å². The Kier molecular flexibility index (Phi) is 6.89. The summed E-state index contributed by atoms with van der Waals surface area (Å²) in [7, 11) is 0. The molecule has 2 aliphatic rings. The lowest BCUT2D eigenvalue weighted by Gasteiger charge is -2.27. The number of pyridine rings is 1. The van der Waals surface area contributed by atoms with Crippen molar-refractivity contribution in [1.29, 1.82) is 0 Å². The van der Waals surface area contributed by atoms with Gasteiger partial charge in [-0.05, 0) is 62.8 Å². The van der Waals surface area contributed by atoms with Crippen LogP contribution in [-0.2, 0) is 11.3 Å². The predicted molar refractivity (Wildman–Crippen MR) is 116 cm³/mol. The van der Waals surface area contributed by atoms with Crippen LogP contribution in [0.1, 0.15) is 54.6 Å². The van der Waals surface area contributed by atoms with Gasteiger partial charge in [-0.25, -0.2) is 4.98 Å². The number of nitrogens with zero attached hydrogens (tertiary/aromatic N) is 3. The highest BCUT2D eigenvalue weighted by Crippen LogP contribution is 2.25. The number of hydrogen-bond acceptors (Lipinski definition) is 5. The molecule has 1 aliphatic heterocycles. The molecule has 0 bridgehead atoms. The Morgan fingerprint density at radius 1 is 1.13 bits per heavy atom. The Hall–Kier alpha value is -2.54. The van der Waals surface area contributed by atoms with Gasteiger partial charge in [-0.15, -0.1) is 0 Å². The first-order chi connectivity index (χ1) is 14.7. The number of thioether (sulfide) groups is 1. The highest BCUT2D eigenvalue weighted by Gasteiger charge is 2.22. The second-order valence-electron chi connectivity index (χ2n) is 7.67. The third kappa shape index (κ3) is 5.14. The Morgan fingerprint density at radius 3 is 2.67 bits per heavy atom. The van der Waals surface area contributed by atoms with Crippen molar-refractivity contribution in [2.75, 3.05) is 18.8 Å². The summed E-state index contributed by atoms with van der Waals surface area (Å²) in [4.78, 5) is 33.6. The number of allylic oxidation sites excluding steroid dienone is 2. The lowest BCUT2D eigenvalue weighted by Crippen LogP contribution is -2.32. The second-order valence-corrected chi connectivity index (χ2v) is 8.67. The largest absolute Gasteiger partial charge is 0.467 e. The predicted octanol–water partition coefficient (Wildman–Crippen LogP) is 4.49. The van der Waals surface area contributed by atoms with Crippen LogP contribution in [0, 0.1) is 0 Å². The van der Waals surface area contributed by atoms with E-state index in [1.807, 2.05) is 34.1 Å². The van der Waals surface area contributed by atoms with Crippen molar-refractivity contribution in [3.8, 4) is 0 Å². The van der Waals surface area contributed by atoms with Crippen LogP contribution in [0.4, 0.5) is 0 Å². The van der Waals surface area contributed by atoms with Crippen molar-refractivity contribution >= 4 is 23.6 Å². The molecule has 6 nitrogen and oxygen atoms in total. The van der Waals surface area contributed by atoms with Gasteiger partial charge in [0.2, 0.25) is 5.91 Å². The fourth-order valence-corrected chi connectivity index (χ4v) is 4.60. The van der Waals surface area contributed by atoms with Gasteiger partial charge in [0.1, 0.15) is 5.76 Å². The third-order valence-corrected chi connectivity index (χ3v) is 6.46. The van der Waals surface area contributed by atoms with Crippen LogP contribution in [0.3, 0.4) is 0 Å². The number of hydrogen-bond donors (Lipinski definition) is 0. The number of furan rings is 1. The van der Waals surface area contributed by atoms with Crippen LogP contribution < -0.4 is 0 Å². The van der Waals surface area contributed by atoms with E-state index in [1.165, 1.54) is 18.2 Å². The van der Waals surface area contributed by atoms with Crippen molar-refractivity contribution < 1.29 is 14.0 Å². The van der Waals surface area contributed by atoms with Crippen LogP contribution >= 0.6 is 11.8 Å². The highest BCUT2D eigenvalue weighted by atomic mass is 32.2. The Morgan fingerprint density at radius 2 is 2.00 bits per heavy atom. The Bertz CT molecular complexity index is 887. The number of rotatable bonds is 7. The van der Waals surface area contributed by atoms with Crippen molar-refractivity contribution in [3.05, 3.63) is 59.8 Å².